The molecule has 0 amide bonds. The highest BCUT2D eigenvalue weighted by Gasteiger charge is 2.62. The van der Waals surface area contributed by atoms with Gasteiger partial charge in [0, 0.05) is 80.7 Å². The summed E-state index contributed by atoms with van der Waals surface area (Å²) in [5.41, 5.74) is 2.40. The van der Waals surface area contributed by atoms with Crippen LogP contribution in [0.4, 0.5) is 0 Å². The van der Waals surface area contributed by atoms with Crippen LogP contribution in [0.2, 0.25) is 0 Å². The maximum Gasteiger partial charge on any atom is 0.172 e. The zero-order valence-corrected chi connectivity index (χ0v) is 37.9. The first-order chi connectivity index (χ1) is 26.8. The minimum Gasteiger partial charge on any atom is -0.391 e. The van der Waals surface area contributed by atoms with E-state index in [1.165, 1.54) is 27.6 Å². The molecule has 4 bridgehead atoms. The molecule has 7 fully saturated rings. The van der Waals surface area contributed by atoms with Gasteiger partial charge in [0.2, 0.25) is 0 Å². The van der Waals surface area contributed by atoms with Crippen molar-refractivity contribution >= 4 is 36.2 Å². The largest absolute Gasteiger partial charge is 0.391 e. The van der Waals surface area contributed by atoms with Crippen LogP contribution in [0.3, 0.4) is 0 Å². The van der Waals surface area contributed by atoms with E-state index in [9.17, 15) is 4.79 Å². The Morgan fingerprint density at radius 3 is 2.21 bits per heavy atom. The van der Waals surface area contributed by atoms with Gasteiger partial charge < -0.3 is 51.9 Å². The quantitative estimate of drug-likeness (QED) is 0.118. The number of ether oxygens (including phenoxy) is 9. The summed E-state index contributed by atoms with van der Waals surface area (Å²) in [6.45, 7) is 18.6. The van der Waals surface area contributed by atoms with E-state index in [-0.39, 0.29) is 72.7 Å². The van der Waals surface area contributed by atoms with Gasteiger partial charge in [0.05, 0.1) is 84.0 Å². The maximum atomic E-state index is 12.9. The molecule has 56 heavy (non-hydrogen) atoms. The Morgan fingerprint density at radius 1 is 0.929 bits per heavy atom. The molecule has 7 saturated heterocycles. The van der Waals surface area contributed by atoms with Crippen molar-refractivity contribution in [1.82, 2.24) is 0 Å². The van der Waals surface area contributed by atoms with Gasteiger partial charge in [0.25, 0.3) is 0 Å². The lowest BCUT2D eigenvalue weighted by molar-refractivity contribution is -0.290. The first kappa shape index (κ1) is 48.5. The van der Waals surface area contributed by atoms with E-state index < -0.39 is 5.79 Å². The average molecular weight is 927 g/mol. The number of hydrogen-bond acceptors (Lipinski definition) is 13. The Balaban J connectivity index is 0.000000302. The summed E-state index contributed by atoms with van der Waals surface area (Å²) in [5, 5.41) is 8.54. The van der Waals surface area contributed by atoms with Crippen LogP contribution in [-0.4, -0.2) is 132 Å². The summed E-state index contributed by atoms with van der Waals surface area (Å²) in [4.78, 5) is 12.9. The summed E-state index contributed by atoms with van der Waals surface area (Å²) in [6.07, 6.45) is 9.99. The molecule has 12 nitrogen and oxygen atoms in total. The van der Waals surface area contributed by atoms with Gasteiger partial charge in [-0.1, -0.05) is 32.6 Å². The van der Waals surface area contributed by atoms with Crippen LogP contribution in [0.15, 0.2) is 24.3 Å². The van der Waals surface area contributed by atoms with E-state index in [4.69, 9.17) is 47.2 Å². The number of methoxy groups -OCH3 is 2. The van der Waals surface area contributed by atoms with Crippen molar-refractivity contribution in [3.05, 3.63) is 24.3 Å². The Labute approximate surface area is 352 Å². The molecule has 14 atom stereocenters. The molecule has 7 aliphatic rings. The van der Waals surface area contributed by atoms with E-state index >= 15 is 0 Å². The topological polar surface area (TPSA) is 130 Å². The number of aliphatic hydroxyl groups is 1. The Bertz CT molecular complexity index is 1200. The number of aliphatic hydroxyl groups excluding tert-OH is 1. The average Bonchev–Trinajstić information content (AvgIpc) is 3.89. The molecule has 0 radical (unpaired) electrons. The zero-order valence-electron chi connectivity index (χ0n) is 35.0. The lowest BCUT2D eigenvalue weighted by Gasteiger charge is -2.50. The fourth-order valence-electron chi connectivity index (χ4n) is 8.79. The number of halogens is 1. The molecule has 14 heteroatoms. The minimum absolute atomic E-state index is 0.0557. The molecule has 7 rings (SSSR count). The predicted molar refractivity (Wildman–Crippen MR) is 225 cm³/mol. The zero-order chi connectivity index (χ0) is 40.8. The smallest absolute Gasteiger partial charge is 0.172 e. The van der Waals surface area contributed by atoms with Crippen molar-refractivity contribution in [2.75, 3.05) is 47.8 Å². The van der Waals surface area contributed by atoms with E-state index in [1.54, 1.807) is 28.3 Å². The molecule has 0 spiro atoms. The van der Waals surface area contributed by atoms with Gasteiger partial charge in [0.1, 0.15) is 18.0 Å². The van der Waals surface area contributed by atoms with Gasteiger partial charge in [-0.3, -0.25) is 4.79 Å². The third-order valence-corrected chi connectivity index (χ3v) is 12.9. The number of hydrogen-bond donors (Lipinski definition) is 1. The van der Waals surface area contributed by atoms with Gasteiger partial charge >= 0.3 is 0 Å². The van der Waals surface area contributed by atoms with Crippen LogP contribution in [-0.2, 0) is 51.6 Å². The van der Waals surface area contributed by atoms with E-state index in [0.717, 1.165) is 63.7 Å². The predicted octanol–water partition coefficient (Wildman–Crippen LogP) is 7.51. The number of carbonyl (C=O) groups excluding carboxylic acids is 1. The second-order valence-corrected chi connectivity index (χ2v) is 18.0. The number of carbonyl (C=O) groups is 1. The number of ketones is 1. The number of rotatable bonds is 12. The molecular weight excluding hydrogens is 855 g/mol. The summed E-state index contributed by atoms with van der Waals surface area (Å²) in [6, 6.07) is 0. The van der Waals surface area contributed by atoms with E-state index in [2.05, 4.69) is 38.7 Å². The molecule has 0 aromatic rings. The second-order valence-electron chi connectivity index (χ2n) is 16.6. The third-order valence-electron chi connectivity index (χ3n) is 11.9. The van der Waals surface area contributed by atoms with Gasteiger partial charge in [-0.2, -0.15) is 0 Å². The van der Waals surface area contributed by atoms with Crippen LogP contribution in [0.25, 0.3) is 0 Å². The molecule has 7 aliphatic heterocycles. The number of fused-ring (bicyclic) bond motifs is 7. The van der Waals surface area contributed by atoms with Crippen molar-refractivity contribution < 1.29 is 56.7 Å². The fraction of sp³-hybridized carbons (Fsp3) is 0.881. The molecule has 7 heterocycles. The maximum absolute atomic E-state index is 12.9. The SMILES string of the molecule is C=C1CC[C@H](CC)OC1.C=C1COC(CC[C@]23C[C@@H](OC)C(O2)[C@@H]2OC4CCC(CC(=O)CC5CCO[C@H]5C)O[C@@H]4C(O3)C2C)C1.CC(O)COSI.COC. The lowest BCUT2D eigenvalue weighted by atomic mass is 9.80. The van der Waals surface area contributed by atoms with E-state index in [0.29, 0.717) is 44.5 Å². The lowest BCUT2D eigenvalue weighted by Crippen LogP contribution is -2.62. The van der Waals surface area contributed by atoms with Crippen LogP contribution in [0.1, 0.15) is 105 Å². The molecule has 0 aliphatic carbocycles. The molecule has 324 valence electrons. The van der Waals surface area contributed by atoms with Crippen LogP contribution >= 0.6 is 30.4 Å². The summed E-state index contributed by atoms with van der Waals surface area (Å²) < 4.78 is 58.8. The second kappa shape index (κ2) is 24.3. The Morgan fingerprint density at radius 2 is 1.64 bits per heavy atom. The van der Waals surface area contributed by atoms with Gasteiger partial charge in [-0.15, -0.1) is 0 Å². The monoisotopic (exact) mass is 926 g/mol. The van der Waals surface area contributed by atoms with Gasteiger partial charge in [-0.25, -0.2) is 0 Å². The molecule has 8 unspecified atom stereocenters. The van der Waals surface area contributed by atoms with Crippen molar-refractivity contribution in [3.8, 4) is 0 Å². The van der Waals surface area contributed by atoms with Crippen molar-refractivity contribution in [2.24, 2.45) is 11.8 Å². The first-order valence-corrected chi connectivity index (χ1v) is 24.0. The Hall–Kier alpha value is -0.210. The van der Waals surface area contributed by atoms with Crippen LogP contribution in [0.5, 0.6) is 0 Å². The fourth-order valence-corrected chi connectivity index (χ4v) is 9.48. The standard InChI is InChI=1S/C29H44O8.C8H14O.C3H7IO2S.C2H6O/c1-16-11-21(33-15-16)7-9-29-14-24(31-4)28(37-29)25-17(2)26(36-29)27-23(35-25)6-5-22(34-27)13-20(30)12-19-8-10-32-18(19)3;1-3-8-5-4-7(2)6-9-8;1-3(5)2-6-7-4;1-3-2/h17-19,21-28H,1,5-15H2,2-4H3;8H,2-6H2,1H3;3,5H,2H2,1H3;1-2H3/t17?,18-,19?,21?,22?,23?,24+,25+,26?,27-,28?,29+;8-;;/m00../s1. The minimum atomic E-state index is -0.741. The highest BCUT2D eigenvalue weighted by molar-refractivity contribution is 14.2. The van der Waals surface area contributed by atoms with Crippen molar-refractivity contribution in [1.29, 1.82) is 0 Å². The van der Waals surface area contributed by atoms with Crippen LogP contribution < -0.4 is 0 Å². The van der Waals surface area contributed by atoms with Crippen molar-refractivity contribution in [2.45, 2.75) is 178 Å². The molecule has 0 aromatic heterocycles. The highest BCUT2D eigenvalue weighted by Crippen LogP contribution is 2.51. The van der Waals surface area contributed by atoms with Crippen LogP contribution in [0, 0.1) is 11.8 Å². The Kier molecular flexibility index (Phi) is 21.0. The van der Waals surface area contributed by atoms with Gasteiger partial charge in [0.15, 0.2) is 5.79 Å². The molecular formula is C42H71IO12S. The third kappa shape index (κ3) is 14.2. The highest BCUT2D eigenvalue weighted by atomic mass is 127. The summed E-state index contributed by atoms with van der Waals surface area (Å²) >= 11 is 2.00. The molecule has 0 aromatic carbocycles. The normalized spacial score (nSPS) is 39.2. The first-order valence-electron chi connectivity index (χ1n) is 20.7. The van der Waals surface area contributed by atoms with E-state index in [1.807, 2.05) is 21.2 Å². The number of Topliss-reactive ketones (excluding diaryl/α,β-unsaturated/α-hetero) is 1. The molecule has 0 saturated carbocycles. The van der Waals surface area contributed by atoms with Crippen molar-refractivity contribution in [3.63, 3.8) is 0 Å². The van der Waals surface area contributed by atoms with Gasteiger partial charge in [-0.05, 0) is 76.7 Å². The summed E-state index contributed by atoms with van der Waals surface area (Å²) in [7, 11) is 6.24. The summed E-state index contributed by atoms with van der Waals surface area (Å²) in [5.74, 6) is -0.0419. The molecule has 1 N–H and O–H groups in total.